The zero-order valence-corrected chi connectivity index (χ0v) is 12.6. The highest BCUT2D eigenvalue weighted by Crippen LogP contribution is 2.25. The fraction of sp³-hybridized carbons (Fsp3) is 0.500. The first-order chi connectivity index (χ1) is 9.88. The first-order valence-corrected chi connectivity index (χ1v) is 7.35. The van der Waals surface area contributed by atoms with Gasteiger partial charge in [0.25, 0.3) is 5.91 Å². The van der Waals surface area contributed by atoms with E-state index in [9.17, 15) is 9.59 Å². The number of nitrogens with one attached hydrogen (secondary N) is 1. The lowest BCUT2D eigenvalue weighted by molar-refractivity contribution is -0.122. The Kier molecular flexibility index (Phi) is 4.50. The number of hydrogen-bond acceptors (Lipinski definition) is 3. The van der Waals surface area contributed by atoms with Crippen LogP contribution in [0.2, 0.25) is 0 Å². The third kappa shape index (κ3) is 3.54. The van der Waals surface area contributed by atoms with Crippen molar-refractivity contribution in [1.82, 2.24) is 5.32 Å². The van der Waals surface area contributed by atoms with Gasteiger partial charge in [0, 0.05) is 23.2 Å². The molecule has 2 rings (SSSR count). The van der Waals surface area contributed by atoms with Gasteiger partial charge in [-0.25, -0.2) is 0 Å². The number of carbonyl (C=O) groups is 2. The van der Waals surface area contributed by atoms with E-state index in [0.717, 1.165) is 36.8 Å². The summed E-state index contributed by atoms with van der Waals surface area (Å²) in [5.41, 5.74) is 14.3. The van der Waals surface area contributed by atoms with Crippen LogP contribution in [-0.4, -0.2) is 17.9 Å². The molecular weight excluding hydrogens is 266 g/mol. The Labute approximate surface area is 125 Å². The van der Waals surface area contributed by atoms with E-state index < -0.39 is 0 Å². The molecule has 1 aromatic rings. The topological polar surface area (TPSA) is 98.2 Å². The van der Waals surface area contributed by atoms with Crippen molar-refractivity contribution in [3.63, 3.8) is 0 Å². The number of nitrogens with two attached hydrogens (primary N) is 2. The normalized spacial score (nSPS) is 21.8. The minimum atomic E-state index is -0.234. The van der Waals surface area contributed by atoms with Gasteiger partial charge in [-0.05, 0) is 56.7 Å². The molecule has 1 aliphatic rings. The van der Waals surface area contributed by atoms with Gasteiger partial charge >= 0.3 is 0 Å². The summed E-state index contributed by atoms with van der Waals surface area (Å²) in [5.74, 6) is -0.376. The predicted octanol–water partition coefficient (Wildman–Crippen LogP) is 1.66. The molecule has 1 aliphatic carbocycles. The zero-order chi connectivity index (χ0) is 15.6. The molecule has 1 fully saturated rings. The number of rotatable bonds is 3. The summed E-state index contributed by atoms with van der Waals surface area (Å²) in [6.07, 6.45) is 3.07. The van der Waals surface area contributed by atoms with Crippen molar-refractivity contribution in [2.24, 2.45) is 11.7 Å². The van der Waals surface area contributed by atoms with E-state index in [2.05, 4.69) is 5.32 Å². The molecule has 0 bridgehead atoms. The molecule has 5 heteroatoms. The van der Waals surface area contributed by atoms with Gasteiger partial charge in [-0.3, -0.25) is 9.59 Å². The second-order valence-electron chi connectivity index (χ2n) is 5.95. The quantitative estimate of drug-likeness (QED) is 0.738. The monoisotopic (exact) mass is 289 g/mol. The van der Waals surface area contributed by atoms with Crippen LogP contribution in [0.5, 0.6) is 0 Å². The van der Waals surface area contributed by atoms with Gasteiger partial charge in [-0.2, -0.15) is 0 Å². The van der Waals surface area contributed by atoms with Crippen LogP contribution in [-0.2, 0) is 4.79 Å². The molecule has 0 spiro atoms. The Hall–Kier alpha value is -2.04. The van der Waals surface area contributed by atoms with Crippen LogP contribution in [0.3, 0.4) is 0 Å². The molecule has 0 unspecified atom stereocenters. The van der Waals surface area contributed by atoms with Gasteiger partial charge in [0.1, 0.15) is 0 Å². The maximum atomic E-state index is 12.4. The third-order valence-corrected chi connectivity index (χ3v) is 4.32. The molecule has 0 heterocycles. The molecule has 5 nitrogen and oxygen atoms in total. The van der Waals surface area contributed by atoms with Crippen molar-refractivity contribution in [2.45, 2.75) is 45.6 Å². The second-order valence-corrected chi connectivity index (χ2v) is 5.95. The van der Waals surface area contributed by atoms with Gasteiger partial charge in [0.15, 0.2) is 0 Å². The summed E-state index contributed by atoms with van der Waals surface area (Å²) in [6.45, 7) is 3.83. The number of nitrogen functional groups attached to an aromatic ring is 1. The molecule has 1 saturated carbocycles. The fourth-order valence-corrected chi connectivity index (χ4v) is 2.90. The molecule has 0 radical (unpaired) electrons. The molecule has 2 amide bonds. The van der Waals surface area contributed by atoms with Crippen LogP contribution in [0.25, 0.3) is 0 Å². The Balaban J connectivity index is 2.00. The Bertz CT molecular complexity index is 561. The number of benzene rings is 1. The van der Waals surface area contributed by atoms with Crippen LogP contribution in [0, 0.1) is 19.8 Å². The molecule has 114 valence electrons. The standard InChI is InChI=1S/C16H23N3O2/c1-9-7-10(2)14(17)8-13(9)16(21)19-12-5-3-11(4-6-12)15(18)20/h7-8,11-12H,3-6,17H2,1-2H3,(H2,18,20)(H,19,21). The lowest BCUT2D eigenvalue weighted by Gasteiger charge is -2.27. The Morgan fingerprint density at radius 2 is 1.71 bits per heavy atom. The van der Waals surface area contributed by atoms with Crippen LogP contribution < -0.4 is 16.8 Å². The average Bonchev–Trinajstić information content (AvgIpc) is 2.43. The van der Waals surface area contributed by atoms with Crippen LogP contribution in [0.15, 0.2) is 12.1 Å². The molecule has 21 heavy (non-hydrogen) atoms. The van der Waals surface area contributed by atoms with E-state index in [1.165, 1.54) is 0 Å². The van der Waals surface area contributed by atoms with Gasteiger partial charge in [-0.15, -0.1) is 0 Å². The number of hydrogen-bond donors (Lipinski definition) is 3. The Morgan fingerprint density at radius 3 is 2.29 bits per heavy atom. The van der Waals surface area contributed by atoms with E-state index in [4.69, 9.17) is 11.5 Å². The van der Waals surface area contributed by atoms with Gasteiger partial charge in [0.05, 0.1) is 0 Å². The molecule has 0 aromatic heterocycles. The van der Waals surface area contributed by atoms with Crippen molar-refractivity contribution >= 4 is 17.5 Å². The number of carbonyl (C=O) groups excluding carboxylic acids is 2. The van der Waals surface area contributed by atoms with Crippen molar-refractivity contribution in [2.75, 3.05) is 5.73 Å². The highest BCUT2D eigenvalue weighted by atomic mass is 16.2. The lowest BCUT2D eigenvalue weighted by atomic mass is 9.85. The lowest BCUT2D eigenvalue weighted by Crippen LogP contribution is -2.40. The largest absolute Gasteiger partial charge is 0.398 e. The van der Waals surface area contributed by atoms with E-state index in [1.807, 2.05) is 19.9 Å². The average molecular weight is 289 g/mol. The van der Waals surface area contributed by atoms with E-state index in [1.54, 1.807) is 6.07 Å². The maximum Gasteiger partial charge on any atom is 0.251 e. The summed E-state index contributed by atoms with van der Waals surface area (Å²) in [4.78, 5) is 23.5. The smallest absolute Gasteiger partial charge is 0.251 e. The van der Waals surface area contributed by atoms with E-state index in [-0.39, 0.29) is 23.8 Å². The van der Waals surface area contributed by atoms with Crippen molar-refractivity contribution in [3.8, 4) is 0 Å². The number of aryl methyl sites for hydroxylation is 2. The first kappa shape index (κ1) is 15.4. The maximum absolute atomic E-state index is 12.4. The predicted molar refractivity (Wildman–Crippen MR) is 82.7 cm³/mol. The van der Waals surface area contributed by atoms with Crippen LogP contribution in [0.4, 0.5) is 5.69 Å². The minimum Gasteiger partial charge on any atom is -0.398 e. The molecule has 0 saturated heterocycles. The van der Waals surface area contributed by atoms with Crippen LogP contribution in [0.1, 0.15) is 47.2 Å². The molecule has 1 aromatic carbocycles. The zero-order valence-electron chi connectivity index (χ0n) is 12.6. The molecule has 0 aliphatic heterocycles. The summed E-state index contributed by atoms with van der Waals surface area (Å²) in [6, 6.07) is 3.76. The highest BCUT2D eigenvalue weighted by molar-refractivity contribution is 5.97. The summed E-state index contributed by atoms with van der Waals surface area (Å²) in [5, 5.41) is 3.04. The second kappa shape index (κ2) is 6.16. The summed E-state index contributed by atoms with van der Waals surface area (Å²) < 4.78 is 0. The van der Waals surface area contributed by atoms with Crippen LogP contribution >= 0.6 is 0 Å². The highest BCUT2D eigenvalue weighted by Gasteiger charge is 2.26. The van der Waals surface area contributed by atoms with Gasteiger partial charge in [0.2, 0.25) is 5.91 Å². The molecule has 5 N–H and O–H groups in total. The van der Waals surface area contributed by atoms with Gasteiger partial charge in [-0.1, -0.05) is 6.07 Å². The molecule has 0 atom stereocenters. The minimum absolute atomic E-state index is 0.0464. The van der Waals surface area contributed by atoms with Crippen molar-refractivity contribution < 1.29 is 9.59 Å². The number of primary amides is 1. The third-order valence-electron chi connectivity index (χ3n) is 4.32. The van der Waals surface area contributed by atoms with Crippen molar-refractivity contribution in [3.05, 3.63) is 28.8 Å². The first-order valence-electron chi connectivity index (χ1n) is 7.35. The fourth-order valence-electron chi connectivity index (χ4n) is 2.90. The summed E-state index contributed by atoms with van der Waals surface area (Å²) in [7, 11) is 0. The number of amides is 2. The molecular formula is C16H23N3O2. The van der Waals surface area contributed by atoms with E-state index >= 15 is 0 Å². The SMILES string of the molecule is Cc1cc(C)c(C(=O)NC2CCC(C(N)=O)CC2)cc1N. The Morgan fingerprint density at radius 1 is 1.10 bits per heavy atom. The van der Waals surface area contributed by atoms with E-state index in [0.29, 0.717) is 11.3 Å². The number of anilines is 1. The van der Waals surface area contributed by atoms with Crippen molar-refractivity contribution in [1.29, 1.82) is 0 Å². The summed E-state index contributed by atoms with van der Waals surface area (Å²) >= 11 is 0. The van der Waals surface area contributed by atoms with Gasteiger partial charge < -0.3 is 16.8 Å².